The molecule has 0 radical (unpaired) electrons. The lowest BCUT2D eigenvalue weighted by molar-refractivity contribution is 0.0494. The third kappa shape index (κ3) is 5.66. The second-order valence-corrected chi connectivity index (χ2v) is 13.2. The molecule has 0 atom stereocenters. The molecule has 1 aliphatic carbocycles. The summed E-state index contributed by atoms with van der Waals surface area (Å²) >= 11 is 0. The lowest BCUT2D eigenvalue weighted by Gasteiger charge is -2.39. The van der Waals surface area contributed by atoms with Gasteiger partial charge in [0.25, 0.3) is 10.0 Å². The number of sulfonamides is 1. The minimum atomic E-state index is -3.97. The van der Waals surface area contributed by atoms with E-state index in [1.54, 1.807) is 19.1 Å². The summed E-state index contributed by atoms with van der Waals surface area (Å²) in [5.41, 5.74) is 1.45. The molecule has 1 saturated heterocycles. The summed E-state index contributed by atoms with van der Waals surface area (Å²) in [6.07, 6.45) is 5.34. The first kappa shape index (κ1) is 25.9. The second kappa shape index (κ2) is 10.5. The van der Waals surface area contributed by atoms with Crippen molar-refractivity contribution >= 4 is 25.5 Å². The zero-order valence-corrected chi connectivity index (χ0v) is 21.8. The van der Waals surface area contributed by atoms with Crippen LogP contribution in [0.5, 0.6) is 5.75 Å². The molecule has 2 aromatic carbocycles. The Hall–Kier alpha value is -2.14. The standard InChI is InChI=1S/C25H33NO7S2/c1-18-14-22(34(2,28)29)6-8-24(18)26(21-4-3-5-21)35(30,31)23-7-9-25(20(15-23)16-27)33-17-19-10-12-32-13-11-19/h6-9,14-15,19,21,27H,3-5,10-13,16-17H2,1-2H3. The Balaban J connectivity index is 1.65. The second-order valence-electron chi connectivity index (χ2n) is 9.40. The van der Waals surface area contributed by atoms with Gasteiger partial charge in [-0.3, -0.25) is 4.31 Å². The Morgan fingerprint density at radius 3 is 2.26 bits per heavy atom. The predicted octanol–water partition coefficient (Wildman–Crippen LogP) is 3.44. The molecular weight excluding hydrogens is 490 g/mol. The molecule has 35 heavy (non-hydrogen) atoms. The van der Waals surface area contributed by atoms with Gasteiger partial charge in [-0.25, -0.2) is 16.8 Å². The van der Waals surface area contributed by atoms with Crippen LogP contribution in [0.3, 0.4) is 0 Å². The number of hydrogen-bond acceptors (Lipinski definition) is 7. The van der Waals surface area contributed by atoms with E-state index < -0.39 is 19.9 Å². The SMILES string of the molecule is Cc1cc(S(C)(=O)=O)ccc1N(C1CCC1)S(=O)(=O)c1ccc(OCC2CCOCC2)c(CO)c1. The van der Waals surface area contributed by atoms with Crippen molar-refractivity contribution in [2.75, 3.05) is 30.4 Å². The van der Waals surface area contributed by atoms with E-state index in [-0.39, 0.29) is 22.4 Å². The van der Waals surface area contributed by atoms with Gasteiger partial charge in [0.2, 0.25) is 0 Å². The fraction of sp³-hybridized carbons (Fsp3) is 0.520. The fourth-order valence-corrected chi connectivity index (χ4v) is 7.00. The van der Waals surface area contributed by atoms with Crippen molar-refractivity contribution in [3.8, 4) is 5.75 Å². The Bertz CT molecular complexity index is 1260. The van der Waals surface area contributed by atoms with Crippen molar-refractivity contribution in [1.29, 1.82) is 0 Å². The molecule has 2 aromatic rings. The summed E-state index contributed by atoms with van der Waals surface area (Å²) in [6, 6.07) is 8.92. The van der Waals surface area contributed by atoms with Gasteiger partial charge in [0.1, 0.15) is 5.75 Å². The Morgan fingerprint density at radius 2 is 1.69 bits per heavy atom. The predicted molar refractivity (Wildman–Crippen MR) is 133 cm³/mol. The minimum Gasteiger partial charge on any atom is -0.493 e. The van der Waals surface area contributed by atoms with Crippen LogP contribution in [0.4, 0.5) is 5.69 Å². The van der Waals surface area contributed by atoms with Gasteiger partial charge in [0.05, 0.1) is 28.7 Å². The van der Waals surface area contributed by atoms with Gasteiger partial charge in [-0.05, 0) is 86.9 Å². The van der Waals surface area contributed by atoms with Crippen molar-refractivity contribution in [1.82, 2.24) is 0 Å². The highest BCUT2D eigenvalue weighted by molar-refractivity contribution is 7.93. The van der Waals surface area contributed by atoms with Crippen molar-refractivity contribution < 1.29 is 31.4 Å². The zero-order chi connectivity index (χ0) is 25.2. The quantitative estimate of drug-likeness (QED) is 0.536. The largest absolute Gasteiger partial charge is 0.493 e. The summed E-state index contributed by atoms with van der Waals surface area (Å²) in [6.45, 7) is 3.28. The van der Waals surface area contributed by atoms with Gasteiger partial charge in [-0.15, -0.1) is 0 Å². The van der Waals surface area contributed by atoms with Crippen molar-refractivity contribution in [2.45, 2.75) is 61.5 Å². The number of aliphatic hydroxyl groups excluding tert-OH is 1. The third-order valence-corrected chi connectivity index (χ3v) is 9.79. The number of nitrogens with zero attached hydrogens (tertiary/aromatic N) is 1. The number of aryl methyl sites for hydroxylation is 1. The molecule has 8 nitrogen and oxygen atoms in total. The smallest absolute Gasteiger partial charge is 0.264 e. The van der Waals surface area contributed by atoms with Crippen LogP contribution in [0.25, 0.3) is 0 Å². The molecule has 2 fully saturated rings. The summed E-state index contributed by atoms with van der Waals surface area (Å²) in [5, 5.41) is 9.95. The van der Waals surface area contributed by atoms with Crippen LogP contribution < -0.4 is 9.04 Å². The van der Waals surface area contributed by atoms with Crippen LogP contribution in [0.1, 0.15) is 43.2 Å². The molecule has 2 aliphatic rings. The Kier molecular flexibility index (Phi) is 7.75. The van der Waals surface area contributed by atoms with E-state index in [2.05, 4.69) is 0 Å². The first-order valence-electron chi connectivity index (χ1n) is 11.9. The number of ether oxygens (including phenoxy) is 2. The van der Waals surface area contributed by atoms with Gasteiger partial charge in [-0.2, -0.15) is 0 Å². The monoisotopic (exact) mass is 523 g/mol. The Labute approximate surface area is 207 Å². The van der Waals surface area contributed by atoms with E-state index in [4.69, 9.17) is 9.47 Å². The van der Waals surface area contributed by atoms with Crippen molar-refractivity contribution in [3.05, 3.63) is 47.5 Å². The summed E-state index contributed by atoms with van der Waals surface area (Å²) < 4.78 is 64.4. The molecule has 4 rings (SSSR count). The van der Waals surface area contributed by atoms with E-state index in [1.807, 2.05) is 0 Å². The number of rotatable bonds is 9. The van der Waals surface area contributed by atoms with Crippen LogP contribution in [-0.4, -0.2) is 54.1 Å². The van der Waals surface area contributed by atoms with Crippen molar-refractivity contribution in [2.24, 2.45) is 5.92 Å². The average molecular weight is 524 g/mol. The van der Waals surface area contributed by atoms with E-state index in [9.17, 15) is 21.9 Å². The maximum atomic E-state index is 13.9. The number of anilines is 1. The van der Waals surface area contributed by atoms with E-state index in [0.29, 0.717) is 48.3 Å². The van der Waals surface area contributed by atoms with E-state index >= 15 is 0 Å². The lowest BCUT2D eigenvalue weighted by atomic mass is 9.92. The summed E-state index contributed by atoms with van der Waals surface area (Å²) in [4.78, 5) is 0.219. The highest BCUT2D eigenvalue weighted by Gasteiger charge is 2.36. The molecule has 192 valence electrons. The number of benzene rings is 2. The highest BCUT2D eigenvalue weighted by atomic mass is 32.2. The van der Waals surface area contributed by atoms with Gasteiger partial charge < -0.3 is 14.6 Å². The maximum Gasteiger partial charge on any atom is 0.264 e. The molecular formula is C25H33NO7S2. The molecule has 0 aromatic heterocycles. The van der Waals surface area contributed by atoms with Gasteiger partial charge >= 0.3 is 0 Å². The Morgan fingerprint density at radius 1 is 1.00 bits per heavy atom. The molecule has 1 aliphatic heterocycles. The molecule has 0 amide bonds. The lowest BCUT2D eigenvalue weighted by Crippen LogP contribution is -2.44. The molecule has 0 bridgehead atoms. The number of hydrogen-bond donors (Lipinski definition) is 1. The van der Waals surface area contributed by atoms with Gasteiger partial charge in [0, 0.05) is 31.1 Å². The van der Waals surface area contributed by atoms with Crippen LogP contribution >= 0.6 is 0 Å². The maximum absolute atomic E-state index is 13.9. The number of aliphatic hydroxyl groups is 1. The summed E-state index contributed by atoms with van der Waals surface area (Å²) in [7, 11) is -7.38. The average Bonchev–Trinajstić information content (AvgIpc) is 2.80. The summed E-state index contributed by atoms with van der Waals surface area (Å²) in [5.74, 6) is 0.840. The van der Waals surface area contributed by atoms with Crippen LogP contribution in [0, 0.1) is 12.8 Å². The molecule has 1 heterocycles. The molecule has 1 N–H and O–H groups in total. The van der Waals surface area contributed by atoms with Crippen molar-refractivity contribution in [3.63, 3.8) is 0 Å². The minimum absolute atomic E-state index is 0.0680. The van der Waals surface area contributed by atoms with E-state index in [0.717, 1.165) is 38.4 Å². The normalized spacial score (nSPS) is 17.7. The van der Waals surface area contributed by atoms with Gasteiger partial charge in [-0.1, -0.05) is 0 Å². The van der Waals surface area contributed by atoms with Crippen LogP contribution in [-0.2, 0) is 31.2 Å². The molecule has 0 unspecified atom stereocenters. The molecule has 0 spiro atoms. The fourth-order valence-electron chi connectivity index (χ4n) is 4.46. The van der Waals surface area contributed by atoms with E-state index in [1.165, 1.54) is 28.6 Å². The highest BCUT2D eigenvalue weighted by Crippen LogP contribution is 2.38. The number of sulfone groups is 1. The first-order valence-corrected chi connectivity index (χ1v) is 15.2. The van der Waals surface area contributed by atoms with Gasteiger partial charge in [0.15, 0.2) is 9.84 Å². The molecule has 10 heteroatoms. The van der Waals surface area contributed by atoms with Crippen LogP contribution in [0.2, 0.25) is 0 Å². The third-order valence-electron chi connectivity index (χ3n) is 6.81. The zero-order valence-electron chi connectivity index (χ0n) is 20.1. The molecule has 1 saturated carbocycles. The topological polar surface area (TPSA) is 110 Å². The van der Waals surface area contributed by atoms with Crippen LogP contribution in [0.15, 0.2) is 46.2 Å². The first-order chi connectivity index (χ1) is 16.6.